The molecule has 2 atom stereocenters. The first-order valence-corrected chi connectivity index (χ1v) is 7.34. The van der Waals surface area contributed by atoms with Crippen molar-refractivity contribution in [2.75, 3.05) is 5.73 Å². The third-order valence-corrected chi connectivity index (χ3v) is 4.84. The number of thioether (sulfide) groups is 1. The Labute approximate surface area is 116 Å². The van der Waals surface area contributed by atoms with Crippen LogP contribution in [0.5, 0.6) is 0 Å². The maximum Gasteiger partial charge on any atom is 0.337 e. The Morgan fingerprint density at radius 2 is 2.21 bits per heavy atom. The van der Waals surface area contributed by atoms with Gasteiger partial charge in [0.2, 0.25) is 0 Å². The summed E-state index contributed by atoms with van der Waals surface area (Å²) in [5.41, 5.74) is 5.47. The van der Waals surface area contributed by atoms with Crippen molar-refractivity contribution >= 4 is 23.4 Å². The van der Waals surface area contributed by atoms with Crippen LogP contribution in [0.3, 0.4) is 0 Å². The number of carbonyl (C=O) groups is 1. The Hall–Kier alpha value is -1.23. The molecule has 0 aliphatic heterocycles. The number of nitrogen functional groups attached to an aromatic ring is 1. The lowest BCUT2D eigenvalue weighted by Gasteiger charge is -2.26. The normalized spacial score (nSPS) is 23.3. The first kappa shape index (κ1) is 14.2. The van der Waals surface area contributed by atoms with Crippen LogP contribution in [0.1, 0.15) is 43.0 Å². The first-order valence-electron chi connectivity index (χ1n) is 6.46. The molecule has 1 aliphatic rings. The standard InChI is InChI=1S/C14H18FNO2S/c1-8-3-2-4-9(5-8)19-13-6-10(14(17)18)12(16)7-11(13)15/h6-9H,2-5,16H2,1H3,(H,17,18). The van der Waals surface area contributed by atoms with Crippen molar-refractivity contribution < 1.29 is 14.3 Å². The van der Waals surface area contributed by atoms with Gasteiger partial charge in [-0.1, -0.05) is 19.8 Å². The highest BCUT2D eigenvalue weighted by Crippen LogP contribution is 2.38. The van der Waals surface area contributed by atoms with Crippen LogP contribution in [0.2, 0.25) is 0 Å². The average Bonchev–Trinajstić information content (AvgIpc) is 2.32. The van der Waals surface area contributed by atoms with E-state index in [4.69, 9.17) is 10.8 Å². The molecule has 0 spiro atoms. The van der Waals surface area contributed by atoms with Gasteiger partial charge in [0.05, 0.1) is 5.56 Å². The first-order chi connectivity index (χ1) is 8.97. The molecule has 1 aliphatic carbocycles. The van der Waals surface area contributed by atoms with Crippen LogP contribution in [-0.2, 0) is 0 Å². The summed E-state index contributed by atoms with van der Waals surface area (Å²) in [6, 6.07) is 2.47. The molecule has 1 aromatic rings. The van der Waals surface area contributed by atoms with Gasteiger partial charge in [-0.15, -0.1) is 11.8 Å². The number of benzene rings is 1. The van der Waals surface area contributed by atoms with E-state index in [9.17, 15) is 9.18 Å². The Kier molecular flexibility index (Phi) is 4.34. The van der Waals surface area contributed by atoms with Crippen molar-refractivity contribution in [1.82, 2.24) is 0 Å². The van der Waals surface area contributed by atoms with Gasteiger partial charge in [-0.3, -0.25) is 0 Å². The average molecular weight is 283 g/mol. The van der Waals surface area contributed by atoms with Gasteiger partial charge in [0.25, 0.3) is 0 Å². The second-order valence-corrected chi connectivity index (χ2v) is 6.53. The Bertz CT molecular complexity index is 493. The molecule has 0 amide bonds. The van der Waals surface area contributed by atoms with Crippen LogP contribution in [0.15, 0.2) is 17.0 Å². The second kappa shape index (κ2) is 5.82. The summed E-state index contributed by atoms with van der Waals surface area (Å²) in [6.07, 6.45) is 4.49. The number of nitrogens with two attached hydrogens (primary N) is 1. The molecule has 0 saturated heterocycles. The topological polar surface area (TPSA) is 63.3 Å². The third-order valence-electron chi connectivity index (χ3n) is 3.52. The number of rotatable bonds is 3. The molecule has 2 unspecified atom stereocenters. The predicted molar refractivity (Wildman–Crippen MR) is 75.0 cm³/mol. The fourth-order valence-electron chi connectivity index (χ4n) is 2.51. The van der Waals surface area contributed by atoms with Crippen molar-refractivity contribution in [3.8, 4) is 0 Å². The monoisotopic (exact) mass is 283 g/mol. The molecule has 1 fully saturated rings. The fourth-order valence-corrected chi connectivity index (χ4v) is 3.94. The van der Waals surface area contributed by atoms with E-state index in [0.717, 1.165) is 25.3 Å². The summed E-state index contributed by atoms with van der Waals surface area (Å²) in [5.74, 6) is -0.885. The lowest BCUT2D eigenvalue weighted by molar-refractivity contribution is 0.0697. The summed E-state index contributed by atoms with van der Waals surface area (Å²) >= 11 is 1.44. The second-order valence-electron chi connectivity index (χ2n) is 5.19. The summed E-state index contributed by atoms with van der Waals surface area (Å²) in [7, 11) is 0. The molecule has 0 aromatic heterocycles. The van der Waals surface area contributed by atoms with E-state index in [-0.39, 0.29) is 11.3 Å². The van der Waals surface area contributed by atoms with Crippen molar-refractivity contribution in [2.45, 2.75) is 42.8 Å². The summed E-state index contributed by atoms with van der Waals surface area (Å²) in [6.45, 7) is 2.20. The smallest absolute Gasteiger partial charge is 0.337 e. The van der Waals surface area contributed by atoms with E-state index in [1.54, 1.807) is 0 Å². The van der Waals surface area contributed by atoms with Crippen LogP contribution in [0, 0.1) is 11.7 Å². The summed E-state index contributed by atoms with van der Waals surface area (Å²) in [4.78, 5) is 11.4. The summed E-state index contributed by atoms with van der Waals surface area (Å²) in [5, 5.41) is 9.38. The lowest BCUT2D eigenvalue weighted by atomic mass is 9.91. The minimum absolute atomic E-state index is 0.0206. The molecule has 5 heteroatoms. The van der Waals surface area contributed by atoms with Gasteiger partial charge >= 0.3 is 5.97 Å². The molecule has 0 heterocycles. The number of hydrogen-bond acceptors (Lipinski definition) is 3. The van der Waals surface area contributed by atoms with Crippen LogP contribution < -0.4 is 5.73 Å². The van der Waals surface area contributed by atoms with E-state index in [1.807, 2.05) is 0 Å². The van der Waals surface area contributed by atoms with Gasteiger partial charge in [0.1, 0.15) is 5.82 Å². The molecular formula is C14H18FNO2S. The van der Waals surface area contributed by atoms with E-state index in [0.29, 0.717) is 16.1 Å². The number of hydrogen-bond donors (Lipinski definition) is 2. The molecule has 3 N–H and O–H groups in total. The Balaban J connectivity index is 2.19. The minimum Gasteiger partial charge on any atom is -0.478 e. The number of halogens is 1. The maximum absolute atomic E-state index is 13.9. The van der Waals surface area contributed by atoms with E-state index in [2.05, 4.69) is 6.92 Å². The Morgan fingerprint density at radius 3 is 2.84 bits per heavy atom. The van der Waals surface area contributed by atoms with Crippen LogP contribution >= 0.6 is 11.8 Å². The molecule has 0 radical (unpaired) electrons. The van der Waals surface area contributed by atoms with Crippen molar-refractivity contribution in [1.29, 1.82) is 0 Å². The molecule has 3 nitrogen and oxygen atoms in total. The van der Waals surface area contributed by atoms with Gasteiger partial charge in [-0.25, -0.2) is 9.18 Å². The van der Waals surface area contributed by atoms with E-state index < -0.39 is 11.8 Å². The van der Waals surface area contributed by atoms with Crippen molar-refractivity contribution in [2.24, 2.45) is 5.92 Å². The highest BCUT2D eigenvalue weighted by atomic mass is 32.2. The highest BCUT2D eigenvalue weighted by molar-refractivity contribution is 8.00. The van der Waals surface area contributed by atoms with Gasteiger partial charge in [-0.05, 0) is 30.9 Å². The quantitative estimate of drug-likeness (QED) is 0.829. The van der Waals surface area contributed by atoms with E-state index >= 15 is 0 Å². The van der Waals surface area contributed by atoms with Gasteiger partial charge in [0.15, 0.2) is 0 Å². The number of aromatic carboxylic acids is 1. The molecule has 0 bridgehead atoms. The van der Waals surface area contributed by atoms with Crippen LogP contribution in [-0.4, -0.2) is 16.3 Å². The molecule has 1 saturated carbocycles. The number of carboxylic acids is 1. The molecule has 2 rings (SSSR count). The third kappa shape index (κ3) is 3.41. The van der Waals surface area contributed by atoms with Crippen molar-refractivity contribution in [3.05, 3.63) is 23.5 Å². The van der Waals surface area contributed by atoms with Gasteiger partial charge in [0, 0.05) is 15.8 Å². The highest BCUT2D eigenvalue weighted by Gasteiger charge is 2.22. The largest absolute Gasteiger partial charge is 0.478 e. The maximum atomic E-state index is 13.9. The zero-order valence-corrected chi connectivity index (χ0v) is 11.7. The SMILES string of the molecule is CC1CCCC(Sc2cc(C(=O)O)c(N)cc2F)C1. The lowest BCUT2D eigenvalue weighted by Crippen LogP contribution is -2.15. The predicted octanol–water partition coefficient (Wildman–Crippen LogP) is 3.78. The Morgan fingerprint density at radius 1 is 1.47 bits per heavy atom. The molecular weight excluding hydrogens is 265 g/mol. The zero-order chi connectivity index (χ0) is 14.0. The zero-order valence-electron chi connectivity index (χ0n) is 10.9. The number of anilines is 1. The van der Waals surface area contributed by atoms with Crippen molar-refractivity contribution in [3.63, 3.8) is 0 Å². The van der Waals surface area contributed by atoms with Crippen LogP contribution in [0.25, 0.3) is 0 Å². The van der Waals surface area contributed by atoms with E-state index in [1.165, 1.54) is 24.2 Å². The fraction of sp³-hybridized carbons (Fsp3) is 0.500. The van der Waals surface area contributed by atoms with Crippen LogP contribution in [0.4, 0.5) is 10.1 Å². The molecule has 1 aromatic carbocycles. The van der Waals surface area contributed by atoms with Gasteiger partial charge < -0.3 is 10.8 Å². The summed E-state index contributed by atoms with van der Waals surface area (Å²) < 4.78 is 13.9. The molecule has 104 valence electrons. The minimum atomic E-state index is -1.11. The molecule has 19 heavy (non-hydrogen) atoms. The van der Waals surface area contributed by atoms with Gasteiger partial charge in [-0.2, -0.15) is 0 Å². The number of carboxylic acid groups (broad SMARTS) is 1.